The molecule has 1 unspecified atom stereocenters. The Balaban J connectivity index is 2.14. The molecule has 1 saturated heterocycles. The predicted octanol–water partition coefficient (Wildman–Crippen LogP) is 1.59. The van der Waals surface area contributed by atoms with E-state index in [2.05, 4.69) is 27.6 Å². The van der Waals surface area contributed by atoms with Gasteiger partial charge in [0.15, 0.2) is 11.9 Å². The van der Waals surface area contributed by atoms with Crippen molar-refractivity contribution in [1.82, 2.24) is 9.55 Å². The minimum Gasteiger partial charge on any atom is -0.398 e. The molecule has 1 aliphatic heterocycles. The summed E-state index contributed by atoms with van der Waals surface area (Å²) in [4.78, 5) is 4.26. The third kappa shape index (κ3) is 2.20. The summed E-state index contributed by atoms with van der Waals surface area (Å²) < 4.78 is 23.0. The maximum atomic E-state index is 15.0. The normalized spacial score (nSPS) is 33.5. The number of rotatable bonds is 2. The van der Waals surface area contributed by atoms with E-state index in [9.17, 15) is 10.2 Å². The monoisotopic (exact) mass is 421 g/mol. The van der Waals surface area contributed by atoms with Crippen LogP contribution in [0.4, 0.5) is 10.1 Å². The Hall–Kier alpha value is -0.970. The van der Waals surface area contributed by atoms with E-state index >= 15 is 4.39 Å². The fraction of sp³-hybridized carbons (Fsp3) is 0.500. The number of halogens is 2. The lowest BCUT2D eigenvalue weighted by molar-refractivity contribution is -0.0794. The number of nitrogens with two attached hydrogens (primary N) is 1. The zero-order chi connectivity index (χ0) is 16.2. The maximum Gasteiger partial charge on any atom is 0.181 e. The summed E-state index contributed by atoms with van der Waals surface area (Å²) in [6, 6.07) is 1.67. The topological polar surface area (TPSA) is 93.5 Å². The van der Waals surface area contributed by atoms with Crippen LogP contribution in [0.2, 0.25) is 0 Å². The van der Waals surface area contributed by atoms with Gasteiger partial charge in [-0.1, -0.05) is 0 Å². The number of nitrogen functional groups attached to an aromatic ring is 1. The Morgan fingerprint density at radius 1 is 1.59 bits per heavy atom. The van der Waals surface area contributed by atoms with Crippen LogP contribution in [-0.2, 0) is 4.74 Å². The van der Waals surface area contributed by atoms with Crippen molar-refractivity contribution in [3.8, 4) is 0 Å². The number of aromatic nitrogens is 2. The van der Waals surface area contributed by atoms with Gasteiger partial charge in [-0.25, -0.2) is 9.37 Å². The Morgan fingerprint density at radius 3 is 2.86 bits per heavy atom. The molecule has 5 atom stereocenters. The van der Waals surface area contributed by atoms with Gasteiger partial charge in [0.05, 0.1) is 11.5 Å². The van der Waals surface area contributed by atoms with E-state index in [0.717, 1.165) is 8.96 Å². The van der Waals surface area contributed by atoms with Gasteiger partial charge in [0.2, 0.25) is 0 Å². The molecule has 2 aromatic heterocycles. The number of pyridine rings is 1. The number of fused-ring (bicyclic) bond motifs is 1. The number of aliphatic hydroxyl groups excluding tert-OH is 2. The van der Waals surface area contributed by atoms with Gasteiger partial charge in [-0.15, -0.1) is 0 Å². The summed E-state index contributed by atoms with van der Waals surface area (Å²) >= 11 is 2.10. The fourth-order valence-corrected chi connectivity index (χ4v) is 3.72. The van der Waals surface area contributed by atoms with E-state index in [1.807, 2.05) is 0 Å². The number of alkyl halides is 1. The van der Waals surface area contributed by atoms with Crippen LogP contribution in [0.25, 0.3) is 11.0 Å². The van der Waals surface area contributed by atoms with Crippen molar-refractivity contribution < 1.29 is 19.3 Å². The standard InChI is InChI=1S/C14H17FIN3O3/c1-6(20)10-11(21)14(2,15)13(22-10)19-5-7(16)9-8(17)3-4-18-12(9)19/h3-6,10-11,13,20-21H,1-2H3,(H2,17,18)/t6?,10-,11-,13-,14-/m1/s1. The molecule has 8 heteroatoms. The van der Waals surface area contributed by atoms with E-state index in [1.165, 1.54) is 24.6 Å². The van der Waals surface area contributed by atoms with E-state index in [0.29, 0.717) is 11.3 Å². The van der Waals surface area contributed by atoms with Crippen LogP contribution < -0.4 is 5.73 Å². The van der Waals surface area contributed by atoms with Crippen molar-refractivity contribution in [3.05, 3.63) is 22.0 Å². The van der Waals surface area contributed by atoms with Gasteiger partial charge >= 0.3 is 0 Å². The molecule has 6 nitrogen and oxygen atoms in total. The van der Waals surface area contributed by atoms with Gasteiger partial charge in [0.1, 0.15) is 17.9 Å². The van der Waals surface area contributed by atoms with Gasteiger partial charge in [-0.05, 0) is 42.5 Å². The molecule has 3 rings (SSSR count). The number of hydrogen-bond donors (Lipinski definition) is 3. The highest BCUT2D eigenvalue weighted by Crippen LogP contribution is 2.44. The number of aliphatic hydroxyl groups is 2. The number of nitrogens with zero attached hydrogens (tertiary/aromatic N) is 2. The number of hydrogen-bond acceptors (Lipinski definition) is 5. The van der Waals surface area contributed by atoms with Crippen molar-refractivity contribution in [2.45, 2.75) is 44.1 Å². The van der Waals surface area contributed by atoms with Gasteiger partial charge in [0, 0.05) is 21.7 Å². The predicted molar refractivity (Wildman–Crippen MR) is 88.0 cm³/mol. The summed E-state index contributed by atoms with van der Waals surface area (Å²) in [6.07, 6.45) is -1.30. The van der Waals surface area contributed by atoms with Gasteiger partial charge in [-0.2, -0.15) is 0 Å². The average molecular weight is 421 g/mol. The first kappa shape index (κ1) is 15.9. The van der Waals surface area contributed by atoms with Crippen molar-refractivity contribution in [2.75, 3.05) is 5.73 Å². The highest BCUT2D eigenvalue weighted by atomic mass is 127. The van der Waals surface area contributed by atoms with Crippen molar-refractivity contribution >= 4 is 39.3 Å². The molecule has 2 aromatic rings. The van der Waals surface area contributed by atoms with E-state index < -0.39 is 30.2 Å². The molecule has 4 N–H and O–H groups in total. The zero-order valence-corrected chi connectivity index (χ0v) is 14.2. The Labute approximate surface area is 140 Å². The van der Waals surface area contributed by atoms with Crippen LogP contribution in [0, 0.1) is 3.57 Å². The molecule has 0 radical (unpaired) electrons. The van der Waals surface area contributed by atoms with Crippen LogP contribution in [0.1, 0.15) is 20.1 Å². The second-order valence-corrected chi connectivity index (χ2v) is 6.93. The molecule has 3 heterocycles. The molecule has 0 spiro atoms. The first-order valence-electron chi connectivity index (χ1n) is 6.86. The average Bonchev–Trinajstić information content (AvgIpc) is 2.87. The smallest absolute Gasteiger partial charge is 0.181 e. The Morgan fingerprint density at radius 2 is 2.27 bits per heavy atom. The van der Waals surface area contributed by atoms with Gasteiger partial charge in [-0.3, -0.25) is 0 Å². The fourth-order valence-electron chi connectivity index (χ4n) is 2.87. The highest BCUT2D eigenvalue weighted by Gasteiger charge is 2.56. The molecule has 0 aromatic carbocycles. The third-order valence-corrected chi connectivity index (χ3v) is 4.90. The molecule has 22 heavy (non-hydrogen) atoms. The molecular formula is C14H17FIN3O3. The molecule has 120 valence electrons. The Bertz CT molecular complexity index is 719. The van der Waals surface area contributed by atoms with Crippen molar-refractivity contribution in [1.29, 1.82) is 0 Å². The second kappa shape index (κ2) is 5.29. The molecule has 1 fully saturated rings. The summed E-state index contributed by atoms with van der Waals surface area (Å²) in [6.45, 7) is 2.72. The summed E-state index contributed by atoms with van der Waals surface area (Å²) in [5.74, 6) is 0. The van der Waals surface area contributed by atoms with E-state index in [-0.39, 0.29) is 0 Å². The van der Waals surface area contributed by atoms with E-state index in [4.69, 9.17) is 10.5 Å². The van der Waals surface area contributed by atoms with Crippen molar-refractivity contribution in [3.63, 3.8) is 0 Å². The lowest BCUT2D eigenvalue weighted by Gasteiger charge is -2.25. The molecule has 0 aliphatic carbocycles. The highest BCUT2D eigenvalue weighted by molar-refractivity contribution is 14.1. The van der Waals surface area contributed by atoms with Gasteiger partial charge < -0.3 is 25.3 Å². The molecule has 0 saturated carbocycles. The van der Waals surface area contributed by atoms with Crippen LogP contribution in [0.3, 0.4) is 0 Å². The number of anilines is 1. The second-order valence-electron chi connectivity index (χ2n) is 5.77. The molecule has 0 amide bonds. The molecule has 1 aliphatic rings. The van der Waals surface area contributed by atoms with Crippen molar-refractivity contribution in [2.24, 2.45) is 0 Å². The third-order valence-electron chi connectivity index (χ3n) is 4.09. The molecular weight excluding hydrogens is 404 g/mol. The Kier molecular flexibility index (Phi) is 3.83. The molecule has 0 bridgehead atoms. The minimum atomic E-state index is -2.07. The lowest BCUT2D eigenvalue weighted by Crippen LogP contribution is -2.42. The lowest BCUT2D eigenvalue weighted by atomic mass is 9.96. The summed E-state index contributed by atoms with van der Waals surface area (Å²) in [5, 5.41) is 20.5. The first-order chi connectivity index (χ1) is 10.2. The maximum absolute atomic E-state index is 15.0. The van der Waals surface area contributed by atoms with Crippen LogP contribution in [0.5, 0.6) is 0 Å². The quantitative estimate of drug-likeness (QED) is 0.641. The number of ether oxygens (including phenoxy) is 1. The minimum absolute atomic E-state index is 0.483. The summed E-state index contributed by atoms with van der Waals surface area (Å²) in [5.41, 5.74) is 4.92. The largest absolute Gasteiger partial charge is 0.398 e. The van der Waals surface area contributed by atoms with E-state index in [1.54, 1.807) is 12.3 Å². The van der Waals surface area contributed by atoms with Gasteiger partial charge in [0.25, 0.3) is 0 Å². The zero-order valence-electron chi connectivity index (χ0n) is 12.1. The van der Waals surface area contributed by atoms with Crippen LogP contribution in [-0.4, -0.2) is 43.7 Å². The summed E-state index contributed by atoms with van der Waals surface area (Å²) in [7, 11) is 0. The first-order valence-corrected chi connectivity index (χ1v) is 7.94. The van der Waals surface area contributed by atoms with Crippen LogP contribution in [0.15, 0.2) is 18.5 Å². The SMILES string of the molecule is CC(O)[C@H]1O[C@@H](n2cc(I)c3c(N)ccnc32)[C@](C)(F)[C@@H]1O. The van der Waals surface area contributed by atoms with Crippen LogP contribution >= 0.6 is 22.6 Å².